The minimum absolute atomic E-state index is 0.675. The van der Waals surface area contributed by atoms with E-state index in [0.29, 0.717) is 11.4 Å². The van der Waals surface area contributed by atoms with Gasteiger partial charge in [0.15, 0.2) is 0 Å². The number of anilines is 2. The monoisotopic (exact) mass is 212 g/mol. The Balaban J connectivity index is 2.18. The van der Waals surface area contributed by atoms with E-state index in [1.165, 1.54) is 0 Å². The molecule has 4 N–H and O–H groups in total. The van der Waals surface area contributed by atoms with Crippen molar-refractivity contribution in [2.45, 2.75) is 0 Å². The Morgan fingerprint density at radius 1 is 0.688 bits per heavy atom. The molecule has 0 aliphatic heterocycles. The van der Waals surface area contributed by atoms with Gasteiger partial charge in [-0.05, 0) is 42.5 Å². The van der Waals surface area contributed by atoms with Crippen LogP contribution in [0.1, 0.15) is 0 Å². The van der Waals surface area contributed by atoms with Gasteiger partial charge in [-0.2, -0.15) is 10.2 Å². The van der Waals surface area contributed by atoms with Crippen molar-refractivity contribution in [3.8, 4) is 0 Å². The summed E-state index contributed by atoms with van der Waals surface area (Å²) >= 11 is 0. The summed E-state index contributed by atoms with van der Waals surface area (Å²) in [5, 5.41) is 8.14. The SMILES string of the molecule is Nc1ccc(N=Nc2cccc(N)c2)cc1. The maximum absolute atomic E-state index is 5.63. The smallest absolute Gasteiger partial charge is 0.0877 e. The van der Waals surface area contributed by atoms with Gasteiger partial charge in [-0.1, -0.05) is 6.07 Å². The third kappa shape index (κ3) is 2.57. The lowest BCUT2D eigenvalue weighted by Gasteiger charge is -1.95. The summed E-state index contributed by atoms with van der Waals surface area (Å²) in [4.78, 5) is 0. The minimum Gasteiger partial charge on any atom is -0.399 e. The zero-order valence-electron chi connectivity index (χ0n) is 8.67. The van der Waals surface area contributed by atoms with Crippen molar-refractivity contribution in [3.05, 3.63) is 48.5 Å². The van der Waals surface area contributed by atoms with Crippen LogP contribution < -0.4 is 11.5 Å². The van der Waals surface area contributed by atoms with E-state index in [-0.39, 0.29) is 0 Å². The fraction of sp³-hybridized carbons (Fsp3) is 0. The van der Waals surface area contributed by atoms with Gasteiger partial charge in [0.05, 0.1) is 11.4 Å². The van der Waals surface area contributed by atoms with Crippen molar-refractivity contribution >= 4 is 22.7 Å². The van der Waals surface area contributed by atoms with E-state index < -0.39 is 0 Å². The molecule has 4 heteroatoms. The van der Waals surface area contributed by atoms with Gasteiger partial charge in [-0.25, -0.2) is 0 Å². The molecule has 0 saturated heterocycles. The van der Waals surface area contributed by atoms with Crippen molar-refractivity contribution in [2.24, 2.45) is 10.2 Å². The molecule has 2 rings (SSSR count). The molecular weight excluding hydrogens is 200 g/mol. The maximum Gasteiger partial charge on any atom is 0.0877 e. The maximum atomic E-state index is 5.63. The summed E-state index contributed by atoms with van der Waals surface area (Å²) < 4.78 is 0. The fourth-order valence-corrected chi connectivity index (χ4v) is 1.24. The highest BCUT2D eigenvalue weighted by Gasteiger charge is 1.91. The third-order valence-electron chi connectivity index (χ3n) is 2.04. The molecule has 4 nitrogen and oxygen atoms in total. The van der Waals surface area contributed by atoms with E-state index in [2.05, 4.69) is 10.2 Å². The highest BCUT2D eigenvalue weighted by atomic mass is 15.1. The Hall–Kier alpha value is -2.36. The van der Waals surface area contributed by atoms with Crippen molar-refractivity contribution in [3.63, 3.8) is 0 Å². The van der Waals surface area contributed by atoms with Crippen LogP contribution in [0.2, 0.25) is 0 Å². The average Bonchev–Trinajstić information content (AvgIpc) is 2.28. The molecule has 0 unspecified atom stereocenters. The normalized spacial score (nSPS) is 10.8. The average molecular weight is 212 g/mol. The Bertz CT molecular complexity index is 503. The van der Waals surface area contributed by atoms with Crippen LogP contribution in [0.4, 0.5) is 22.7 Å². The van der Waals surface area contributed by atoms with Crippen LogP contribution >= 0.6 is 0 Å². The van der Waals surface area contributed by atoms with Crippen LogP contribution in [0.3, 0.4) is 0 Å². The van der Waals surface area contributed by atoms with Gasteiger partial charge in [0.25, 0.3) is 0 Å². The Kier molecular flexibility index (Phi) is 2.82. The second-order valence-corrected chi connectivity index (χ2v) is 3.39. The summed E-state index contributed by atoms with van der Waals surface area (Å²) in [5.41, 5.74) is 14.1. The standard InChI is InChI=1S/C12H12N4/c13-9-4-6-11(7-5-9)15-16-12-3-1-2-10(14)8-12/h1-8H,13-14H2. The number of hydrogen-bond acceptors (Lipinski definition) is 4. The van der Waals surface area contributed by atoms with E-state index in [9.17, 15) is 0 Å². The first-order valence-corrected chi connectivity index (χ1v) is 4.87. The number of benzene rings is 2. The molecule has 0 spiro atoms. The first-order chi connectivity index (χ1) is 7.74. The summed E-state index contributed by atoms with van der Waals surface area (Å²) in [6, 6.07) is 14.4. The Morgan fingerprint density at radius 3 is 2.06 bits per heavy atom. The molecule has 2 aromatic carbocycles. The topological polar surface area (TPSA) is 76.8 Å². The van der Waals surface area contributed by atoms with E-state index in [0.717, 1.165) is 11.4 Å². The quantitative estimate of drug-likeness (QED) is 0.592. The van der Waals surface area contributed by atoms with Crippen molar-refractivity contribution in [1.29, 1.82) is 0 Å². The van der Waals surface area contributed by atoms with E-state index >= 15 is 0 Å². The van der Waals surface area contributed by atoms with Crippen molar-refractivity contribution in [2.75, 3.05) is 11.5 Å². The molecular formula is C12H12N4. The number of azo groups is 1. The summed E-state index contributed by atoms with van der Waals surface area (Å²) in [6.45, 7) is 0. The molecule has 2 aromatic rings. The molecule has 0 saturated carbocycles. The van der Waals surface area contributed by atoms with Gasteiger partial charge in [-0.3, -0.25) is 0 Å². The van der Waals surface area contributed by atoms with Gasteiger partial charge in [0.2, 0.25) is 0 Å². The third-order valence-corrected chi connectivity index (χ3v) is 2.04. The lowest BCUT2D eigenvalue weighted by molar-refractivity contribution is 1.23. The van der Waals surface area contributed by atoms with E-state index in [1.807, 2.05) is 30.3 Å². The summed E-state index contributed by atoms with van der Waals surface area (Å²) in [7, 11) is 0. The highest BCUT2D eigenvalue weighted by Crippen LogP contribution is 2.20. The Morgan fingerprint density at radius 2 is 1.38 bits per heavy atom. The first-order valence-electron chi connectivity index (χ1n) is 4.87. The molecule has 0 fully saturated rings. The molecule has 0 aliphatic rings. The minimum atomic E-state index is 0.675. The molecule has 80 valence electrons. The predicted molar refractivity (Wildman–Crippen MR) is 65.9 cm³/mol. The molecule has 0 atom stereocenters. The number of nitrogens with zero attached hydrogens (tertiary/aromatic N) is 2. The van der Waals surface area contributed by atoms with E-state index in [1.54, 1.807) is 18.2 Å². The number of nitrogen functional groups attached to an aromatic ring is 2. The first kappa shape index (κ1) is 10.2. The van der Waals surface area contributed by atoms with Crippen molar-refractivity contribution < 1.29 is 0 Å². The fourth-order valence-electron chi connectivity index (χ4n) is 1.24. The van der Waals surface area contributed by atoms with Gasteiger partial charge in [0, 0.05) is 11.4 Å². The zero-order valence-corrected chi connectivity index (χ0v) is 8.67. The largest absolute Gasteiger partial charge is 0.399 e. The Labute approximate surface area is 93.6 Å². The second kappa shape index (κ2) is 4.44. The number of hydrogen-bond donors (Lipinski definition) is 2. The predicted octanol–water partition coefficient (Wildman–Crippen LogP) is 3.27. The van der Waals surface area contributed by atoms with Gasteiger partial charge in [-0.15, -0.1) is 0 Å². The van der Waals surface area contributed by atoms with Gasteiger partial charge < -0.3 is 11.5 Å². The second-order valence-electron chi connectivity index (χ2n) is 3.39. The summed E-state index contributed by atoms with van der Waals surface area (Å²) in [6.07, 6.45) is 0. The van der Waals surface area contributed by atoms with Crippen molar-refractivity contribution in [1.82, 2.24) is 0 Å². The van der Waals surface area contributed by atoms with Crippen LogP contribution in [0.15, 0.2) is 58.8 Å². The molecule has 0 bridgehead atoms. The van der Waals surface area contributed by atoms with Crippen LogP contribution in [0.5, 0.6) is 0 Å². The zero-order chi connectivity index (χ0) is 11.4. The van der Waals surface area contributed by atoms with Crippen LogP contribution in [-0.4, -0.2) is 0 Å². The van der Waals surface area contributed by atoms with Crippen LogP contribution in [0, 0.1) is 0 Å². The summed E-state index contributed by atoms with van der Waals surface area (Å²) in [5.74, 6) is 0. The van der Waals surface area contributed by atoms with Gasteiger partial charge >= 0.3 is 0 Å². The molecule has 16 heavy (non-hydrogen) atoms. The lowest BCUT2D eigenvalue weighted by Crippen LogP contribution is -1.81. The molecule has 0 radical (unpaired) electrons. The number of nitrogens with two attached hydrogens (primary N) is 2. The van der Waals surface area contributed by atoms with Crippen LogP contribution in [-0.2, 0) is 0 Å². The molecule has 0 amide bonds. The molecule has 0 heterocycles. The van der Waals surface area contributed by atoms with Crippen LogP contribution in [0.25, 0.3) is 0 Å². The van der Waals surface area contributed by atoms with Gasteiger partial charge in [0.1, 0.15) is 0 Å². The highest BCUT2D eigenvalue weighted by molar-refractivity contribution is 5.51. The lowest BCUT2D eigenvalue weighted by atomic mass is 10.3. The molecule has 0 aromatic heterocycles. The van der Waals surface area contributed by atoms with E-state index in [4.69, 9.17) is 11.5 Å². The molecule has 0 aliphatic carbocycles. The number of rotatable bonds is 2.